The number of nitrogens with zero attached hydrogens (tertiary/aromatic N) is 4. The Morgan fingerprint density at radius 2 is 2.00 bits per heavy atom. The van der Waals surface area contributed by atoms with Gasteiger partial charge in [0, 0.05) is 42.5 Å². The summed E-state index contributed by atoms with van der Waals surface area (Å²) < 4.78 is 8.27. The van der Waals surface area contributed by atoms with Crippen LogP contribution in [0.3, 0.4) is 0 Å². The van der Waals surface area contributed by atoms with E-state index in [-0.39, 0.29) is 30.4 Å². The van der Waals surface area contributed by atoms with Crippen molar-refractivity contribution in [2.24, 2.45) is 0 Å². The van der Waals surface area contributed by atoms with E-state index in [0.29, 0.717) is 41.8 Å². The third-order valence-electron chi connectivity index (χ3n) is 6.53. The molecular formula is C26H32ClN5O4. The van der Waals surface area contributed by atoms with Crippen LogP contribution in [0, 0.1) is 0 Å². The molecule has 0 spiro atoms. The number of aryl methyl sites for hydroxylation is 1. The second-order valence-corrected chi connectivity index (χ2v) is 9.41. The number of rotatable bonds is 10. The number of aromatic nitrogens is 3. The molecule has 1 N–H and O–H groups in total. The SMILES string of the molecule is CCCCCn1c(N2CCC[C@H]2C(=O)NCCC(=O)OC)cc(=O)n2cc(-c3ccc(Cl)cc3)nc12. The molecule has 1 atom stereocenters. The number of imidazole rings is 1. The smallest absolute Gasteiger partial charge is 0.307 e. The van der Waals surface area contributed by atoms with Gasteiger partial charge in [-0.2, -0.15) is 0 Å². The summed E-state index contributed by atoms with van der Waals surface area (Å²) in [5, 5.41) is 3.48. The summed E-state index contributed by atoms with van der Waals surface area (Å²) in [6.07, 6.45) is 6.39. The van der Waals surface area contributed by atoms with Gasteiger partial charge in [-0.15, -0.1) is 0 Å². The van der Waals surface area contributed by atoms with Gasteiger partial charge in [-0.1, -0.05) is 43.5 Å². The number of carbonyl (C=O) groups is 2. The zero-order chi connectivity index (χ0) is 25.7. The van der Waals surface area contributed by atoms with Gasteiger partial charge in [0.05, 0.1) is 19.2 Å². The minimum Gasteiger partial charge on any atom is -0.469 e. The molecule has 4 rings (SSSR count). The topological polar surface area (TPSA) is 97.9 Å². The highest BCUT2D eigenvalue weighted by Gasteiger charge is 2.33. The maximum absolute atomic E-state index is 13.2. The lowest BCUT2D eigenvalue weighted by atomic mass is 10.2. The Morgan fingerprint density at radius 1 is 1.22 bits per heavy atom. The molecule has 3 heterocycles. The van der Waals surface area contributed by atoms with Crippen molar-refractivity contribution < 1.29 is 14.3 Å². The molecule has 1 aliphatic rings. The number of ether oxygens (including phenoxy) is 1. The number of carbonyl (C=O) groups excluding carboxylic acids is 2. The Bertz CT molecular complexity index is 1280. The Kier molecular flexibility index (Phi) is 8.30. The summed E-state index contributed by atoms with van der Waals surface area (Å²) in [6.45, 7) is 3.69. The molecule has 0 saturated carbocycles. The number of hydrogen-bond acceptors (Lipinski definition) is 6. The van der Waals surface area contributed by atoms with E-state index in [2.05, 4.69) is 21.5 Å². The molecule has 1 aromatic carbocycles. The van der Waals surface area contributed by atoms with Gasteiger partial charge in [0.2, 0.25) is 11.7 Å². The number of esters is 1. The van der Waals surface area contributed by atoms with E-state index in [9.17, 15) is 14.4 Å². The maximum Gasteiger partial charge on any atom is 0.307 e. The average molecular weight is 514 g/mol. The Labute approximate surface area is 215 Å². The first-order valence-electron chi connectivity index (χ1n) is 12.4. The first-order valence-corrected chi connectivity index (χ1v) is 12.8. The van der Waals surface area contributed by atoms with Crippen LogP contribution < -0.4 is 15.8 Å². The molecule has 0 unspecified atom stereocenters. The number of halogens is 1. The van der Waals surface area contributed by atoms with Crippen molar-refractivity contribution in [3.63, 3.8) is 0 Å². The highest BCUT2D eigenvalue weighted by Crippen LogP contribution is 2.28. The Balaban J connectivity index is 1.70. The van der Waals surface area contributed by atoms with Crippen molar-refractivity contribution in [1.82, 2.24) is 19.3 Å². The number of amides is 1. The molecule has 9 nitrogen and oxygen atoms in total. The van der Waals surface area contributed by atoms with Crippen molar-refractivity contribution in [3.8, 4) is 11.3 Å². The van der Waals surface area contributed by atoms with E-state index >= 15 is 0 Å². The number of anilines is 1. The zero-order valence-corrected chi connectivity index (χ0v) is 21.5. The standard InChI is InChI=1S/C26H32ClN5O4/c1-3-4-5-14-31-22(30-15-6-7-21(30)25(35)28-13-12-24(34)36-2)16-23(33)32-17-20(29-26(31)32)18-8-10-19(27)11-9-18/h8-11,16-17,21H,3-7,12-15H2,1-2H3,(H,28,35)/t21-/m0/s1. The lowest BCUT2D eigenvalue weighted by molar-refractivity contribution is -0.140. The predicted molar refractivity (Wildman–Crippen MR) is 139 cm³/mol. The molecule has 1 amide bonds. The number of fused-ring (bicyclic) bond motifs is 1. The quantitative estimate of drug-likeness (QED) is 0.328. The van der Waals surface area contributed by atoms with Crippen molar-refractivity contribution in [3.05, 3.63) is 51.9 Å². The normalized spacial score (nSPS) is 15.4. The van der Waals surface area contributed by atoms with Crippen LogP contribution in [-0.2, 0) is 20.9 Å². The summed E-state index contributed by atoms with van der Waals surface area (Å²) >= 11 is 6.05. The van der Waals surface area contributed by atoms with Crippen LogP contribution in [0.2, 0.25) is 5.02 Å². The highest BCUT2D eigenvalue weighted by molar-refractivity contribution is 6.30. The Hall–Kier alpha value is -3.33. The minimum atomic E-state index is -0.424. The molecule has 10 heteroatoms. The molecule has 1 aliphatic heterocycles. The minimum absolute atomic E-state index is 0.115. The molecule has 2 aromatic heterocycles. The van der Waals surface area contributed by atoms with Gasteiger partial charge in [0.25, 0.3) is 5.56 Å². The van der Waals surface area contributed by atoms with Gasteiger partial charge in [-0.3, -0.25) is 23.4 Å². The second-order valence-electron chi connectivity index (χ2n) is 8.97. The second kappa shape index (κ2) is 11.6. The lowest BCUT2D eigenvalue weighted by Crippen LogP contribution is -2.45. The van der Waals surface area contributed by atoms with Crippen LogP contribution in [0.4, 0.5) is 5.82 Å². The van der Waals surface area contributed by atoms with Crippen LogP contribution in [0.25, 0.3) is 17.0 Å². The third-order valence-corrected chi connectivity index (χ3v) is 6.78. The lowest BCUT2D eigenvalue weighted by Gasteiger charge is -2.29. The van der Waals surface area contributed by atoms with Gasteiger partial charge in [-0.05, 0) is 31.4 Å². The van der Waals surface area contributed by atoms with Gasteiger partial charge >= 0.3 is 5.97 Å². The van der Waals surface area contributed by atoms with E-state index < -0.39 is 6.04 Å². The van der Waals surface area contributed by atoms with Gasteiger partial charge in [-0.25, -0.2) is 4.98 Å². The first kappa shape index (κ1) is 25.8. The highest BCUT2D eigenvalue weighted by atomic mass is 35.5. The van der Waals surface area contributed by atoms with Crippen molar-refractivity contribution >= 4 is 35.1 Å². The zero-order valence-electron chi connectivity index (χ0n) is 20.7. The molecule has 1 fully saturated rings. The number of hydrogen-bond donors (Lipinski definition) is 1. The number of nitrogens with one attached hydrogen (secondary N) is 1. The fraction of sp³-hybridized carbons (Fsp3) is 0.462. The summed E-state index contributed by atoms with van der Waals surface area (Å²) in [4.78, 5) is 44.5. The van der Waals surface area contributed by atoms with Crippen molar-refractivity contribution in [1.29, 1.82) is 0 Å². The van der Waals surface area contributed by atoms with E-state index in [1.165, 1.54) is 7.11 Å². The van der Waals surface area contributed by atoms with E-state index in [0.717, 1.165) is 31.2 Å². The molecule has 1 saturated heterocycles. The molecule has 3 aromatic rings. The fourth-order valence-electron chi connectivity index (χ4n) is 4.64. The molecule has 36 heavy (non-hydrogen) atoms. The fourth-order valence-corrected chi connectivity index (χ4v) is 4.76. The molecule has 0 bridgehead atoms. The van der Waals surface area contributed by atoms with Crippen LogP contribution in [0.15, 0.2) is 41.3 Å². The summed E-state index contributed by atoms with van der Waals surface area (Å²) in [7, 11) is 1.32. The van der Waals surface area contributed by atoms with Crippen molar-refractivity contribution in [2.75, 3.05) is 25.1 Å². The summed E-state index contributed by atoms with van der Waals surface area (Å²) in [5.74, 6) is 0.719. The molecule has 0 radical (unpaired) electrons. The number of unbranched alkanes of at least 4 members (excludes halogenated alkanes) is 2. The van der Waals surface area contributed by atoms with Crippen LogP contribution in [-0.4, -0.2) is 52.1 Å². The largest absolute Gasteiger partial charge is 0.469 e. The van der Waals surface area contributed by atoms with Crippen LogP contribution >= 0.6 is 11.6 Å². The van der Waals surface area contributed by atoms with E-state index in [4.69, 9.17) is 16.6 Å². The van der Waals surface area contributed by atoms with Gasteiger partial charge < -0.3 is 15.0 Å². The van der Waals surface area contributed by atoms with Crippen LogP contribution in [0.5, 0.6) is 0 Å². The monoisotopic (exact) mass is 513 g/mol. The number of benzene rings is 1. The molecule has 192 valence electrons. The van der Waals surface area contributed by atoms with Crippen molar-refractivity contribution in [2.45, 2.75) is 58.0 Å². The summed E-state index contributed by atoms with van der Waals surface area (Å²) in [6, 6.07) is 8.54. The number of methoxy groups -OCH3 is 1. The average Bonchev–Trinajstić information content (AvgIpc) is 3.54. The van der Waals surface area contributed by atoms with Gasteiger partial charge in [0.1, 0.15) is 11.9 Å². The molecular weight excluding hydrogens is 482 g/mol. The predicted octanol–water partition coefficient (Wildman–Crippen LogP) is 3.65. The molecule has 0 aliphatic carbocycles. The summed E-state index contributed by atoms with van der Waals surface area (Å²) in [5.41, 5.74) is 1.35. The van der Waals surface area contributed by atoms with E-state index in [1.807, 2.05) is 17.0 Å². The Morgan fingerprint density at radius 3 is 2.72 bits per heavy atom. The maximum atomic E-state index is 13.2. The first-order chi connectivity index (χ1) is 17.4. The van der Waals surface area contributed by atoms with Crippen LogP contribution in [0.1, 0.15) is 45.4 Å². The van der Waals surface area contributed by atoms with E-state index in [1.54, 1.807) is 28.8 Å². The third kappa shape index (κ3) is 5.56. The van der Waals surface area contributed by atoms with Gasteiger partial charge in [0.15, 0.2) is 0 Å².